The van der Waals surface area contributed by atoms with Crippen LogP contribution in [0.3, 0.4) is 0 Å². The molecule has 0 unspecified atom stereocenters. The summed E-state index contributed by atoms with van der Waals surface area (Å²) in [4.78, 5) is 11.1. The number of benzene rings is 3. The molecule has 0 amide bonds. The van der Waals surface area contributed by atoms with E-state index in [-0.39, 0.29) is 17.7 Å². The Kier molecular flexibility index (Phi) is 6.47. The standard InChI is InChI=1S/C25H23NO7S/c1-31-18-7-9-19(10-8-18)33-21-4-3-5-22(14-21)34(29,30)26-16-17(6-13-25(27)28)23-15-20(32-2)11-12-24(23)26/h3-5,7-12,14-16H,6,13H2,1-2H3,(H,27,28). The number of fused-ring (bicyclic) bond motifs is 1. The molecule has 4 aromatic rings. The van der Waals surface area contributed by atoms with Crippen molar-refractivity contribution < 1.29 is 32.5 Å². The first kappa shape index (κ1) is 23.2. The van der Waals surface area contributed by atoms with Crippen molar-refractivity contribution in [3.63, 3.8) is 0 Å². The fraction of sp³-hybridized carbons (Fsp3) is 0.160. The SMILES string of the molecule is COc1ccc(Oc2cccc(S(=O)(=O)n3cc(CCC(=O)O)c4cc(OC)ccc43)c2)cc1. The van der Waals surface area contributed by atoms with Crippen molar-refractivity contribution >= 4 is 26.9 Å². The fourth-order valence-electron chi connectivity index (χ4n) is 3.60. The average molecular weight is 482 g/mol. The first-order valence-electron chi connectivity index (χ1n) is 10.4. The number of ether oxygens (including phenoxy) is 3. The molecule has 8 nitrogen and oxygen atoms in total. The Bertz CT molecular complexity index is 1440. The lowest BCUT2D eigenvalue weighted by Crippen LogP contribution is -2.12. The number of aryl methyl sites for hydroxylation is 1. The monoisotopic (exact) mass is 481 g/mol. The van der Waals surface area contributed by atoms with Crippen LogP contribution in [0.4, 0.5) is 0 Å². The number of nitrogens with zero attached hydrogens (tertiary/aromatic N) is 1. The minimum Gasteiger partial charge on any atom is -0.497 e. The van der Waals surface area contributed by atoms with Gasteiger partial charge in [0.05, 0.1) is 24.6 Å². The highest BCUT2D eigenvalue weighted by molar-refractivity contribution is 7.90. The zero-order valence-corrected chi connectivity index (χ0v) is 19.4. The molecule has 1 heterocycles. The number of carbonyl (C=O) groups is 1. The molecule has 0 aliphatic heterocycles. The maximum absolute atomic E-state index is 13.6. The largest absolute Gasteiger partial charge is 0.497 e. The fourth-order valence-corrected chi connectivity index (χ4v) is 5.03. The van der Waals surface area contributed by atoms with Crippen LogP contribution in [0.15, 0.2) is 77.8 Å². The number of aliphatic carboxylic acids is 1. The first-order valence-corrected chi connectivity index (χ1v) is 11.8. The zero-order valence-electron chi connectivity index (χ0n) is 18.6. The molecule has 0 bridgehead atoms. The van der Waals surface area contributed by atoms with Crippen LogP contribution < -0.4 is 14.2 Å². The summed E-state index contributed by atoms with van der Waals surface area (Å²) in [5.41, 5.74) is 1.04. The van der Waals surface area contributed by atoms with E-state index in [1.54, 1.807) is 61.7 Å². The second kappa shape index (κ2) is 9.48. The van der Waals surface area contributed by atoms with Gasteiger partial charge in [0.15, 0.2) is 0 Å². The van der Waals surface area contributed by atoms with Gasteiger partial charge in [-0.3, -0.25) is 4.79 Å². The molecule has 0 aliphatic rings. The van der Waals surface area contributed by atoms with Crippen LogP contribution in [0.2, 0.25) is 0 Å². The predicted molar refractivity (Wildman–Crippen MR) is 127 cm³/mol. The number of carboxylic acid groups (broad SMARTS) is 1. The minimum absolute atomic E-state index is 0.0380. The molecule has 0 saturated heterocycles. The third-order valence-corrected chi connectivity index (χ3v) is 7.00. The van der Waals surface area contributed by atoms with E-state index in [2.05, 4.69) is 0 Å². The molecule has 1 aromatic heterocycles. The molecule has 34 heavy (non-hydrogen) atoms. The van der Waals surface area contributed by atoms with Gasteiger partial charge in [0, 0.05) is 24.1 Å². The van der Waals surface area contributed by atoms with E-state index in [9.17, 15) is 13.2 Å². The van der Waals surface area contributed by atoms with E-state index in [1.807, 2.05) is 0 Å². The van der Waals surface area contributed by atoms with Gasteiger partial charge in [-0.2, -0.15) is 0 Å². The molecule has 176 valence electrons. The number of hydrogen-bond donors (Lipinski definition) is 1. The van der Waals surface area contributed by atoms with Gasteiger partial charge in [0.1, 0.15) is 23.0 Å². The van der Waals surface area contributed by atoms with Crippen LogP contribution in [0.5, 0.6) is 23.0 Å². The maximum atomic E-state index is 13.6. The normalized spacial score (nSPS) is 11.4. The molecule has 0 spiro atoms. The number of rotatable bonds is 9. The highest BCUT2D eigenvalue weighted by Gasteiger charge is 2.22. The molecular weight excluding hydrogens is 458 g/mol. The summed E-state index contributed by atoms with van der Waals surface area (Å²) in [5, 5.41) is 9.72. The molecule has 4 rings (SSSR count). The summed E-state index contributed by atoms with van der Waals surface area (Å²) in [5.74, 6) is 1.16. The van der Waals surface area contributed by atoms with E-state index in [1.165, 1.54) is 29.4 Å². The molecular formula is C25H23NO7S. The predicted octanol–water partition coefficient (Wildman–Crippen LogP) is 4.71. The van der Waals surface area contributed by atoms with E-state index in [4.69, 9.17) is 19.3 Å². The highest BCUT2D eigenvalue weighted by Crippen LogP contribution is 2.32. The van der Waals surface area contributed by atoms with E-state index >= 15 is 0 Å². The van der Waals surface area contributed by atoms with Crippen LogP contribution in [0.25, 0.3) is 10.9 Å². The van der Waals surface area contributed by atoms with E-state index in [0.29, 0.717) is 39.5 Å². The molecule has 0 aliphatic carbocycles. The second-order valence-electron chi connectivity index (χ2n) is 7.48. The molecule has 0 saturated carbocycles. The molecule has 0 fully saturated rings. The smallest absolute Gasteiger partial charge is 0.303 e. The van der Waals surface area contributed by atoms with Crippen LogP contribution in [-0.2, 0) is 21.2 Å². The van der Waals surface area contributed by atoms with Crippen LogP contribution in [-0.4, -0.2) is 37.7 Å². The Labute approximate surface area is 197 Å². The summed E-state index contributed by atoms with van der Waals surface area (Å²) in [6, 6.07) is 18.2. The molecule has 0 atom stereocenters. The summed E-state index contributed by atoms with van der Waals surface area (Å²) < 4.78 is 44.6. The Hall–Kier alpha value is -3.98. The molecule has 3 aromatic carbocycles. The van der Waals surface area contributed by atoms with Crippen LogP contribution >= 0.6 is 0 Å². The van der Waals surface area contributed by atoms with Crippen molar-refractivity contribution in [1.82, 2.24) is 3.97 Å². The highest BCUT2D eigenvalue weighted by atomic mass is 32.2. The van der Waals surface area contributed by atoms with Gasteiger partial charge in [-0.1, -0.05) is 6.07 Å². The van der Waals surface area contributed by atoms with Crippen LogP contribution in [0, 0.1) is 0 Å². The summed E-state index contributed by atoms with van der Waals surface area (Å²) in [7, 11) is -0.918. The van der Waals surface area contributed by atoms with Crippen molar-refractivity contribution in [2.75, 3.05) is 14.2 Å². The van der Waals surface area contributed by atoms with Gasteiger partial charge in [0.2, 0.25) is 0 Å². The van der Waals surface area contributed by atoms with Gasteiger partial charge in [-0.25, -0.2) is 12.4 Å². The van der Waals surface area contributed by atoms with Gasteiger partial charge in [-0.15, -0.1) is 0 Å². The van der Waals surface area contributed by atoms with Crippen molar-refractivity contribution in [3.05, 3.63) is 78.5 Å². The topological polar surface area (TPSA) is 104 Å². The quantitative estimate of drug-likeness (QED) is 0.369. The summed E-state index contributed by atoms with van der Waals surface area (Å²) >= 11 is 0. The third kappa shape index (κ3) is 4.69. The molecule has 1 N–H and O–H groups in total. The number of carboxylic acids is 1. The second-order valence-corrected chi connectivity index (χ2v) is 9.30. The summed E-state index contributed by atoms with van der Waals surface area (Å²) in [6.45, 7) is 0. The minimum atomic E-state index is -4.00. The van der Waals surface area contributed by atoms with E-state index in [0.717, 1.165) is 0 Å². The summed E-state index contributed by atoms with van der Waals surface area (Å²) in [6.07, 6.45) is 1.53. The van der Waals surface area contributed by atoms with Crippen molar-refractivity contribution in [3.8, 4) is 23.0 Å². The number of hydrogen-bond acceptors (Lipinski definition) is 6. The van der Waals surface area contributed by atoms with E-state index < -0.39 is 16.0 Å². The number of methoxy groups -OCH3 is 2. The van der Waals surface area contributed by atoms with Gasteiger partial charge < -0.3 is 19.3 Å². The molecule has 0 radical (unpaired) electrons. The molecule has 9 heteroatoms. The Morgan fingerprint density at radius 1 is 0.882 bits per heavy atom. The zero-order chi connectivity index (χ0) is 24.3. The lowest BCUT2D eigenvalue weighted by Gasteiger charge is -2.11. The van der Waals surface area contributed by atoms with Crippen molar-refractivity contribution in [2.45, 2.75) is 17.7 Å². The Morgan fingerprint density at radius 3 is 2.24 bits per heavy atom. The number of aromatic nitrogens is 1. The third-order valence-electron chi connectivity index (χ3n) is 5.33. The maximum Gasteiger partial charge on any atom is 0.303 e. The first-order chi connectivity index (χ1) is 16.3. The van der Waals surface area contributed by atoms with Gasteiger partial charge >= 0.3 is 5.97 Å². The lowest BCUT2D eigenvalue weighted by atomic mass is 10.1. The van der Waals surface area contributed by atoms with Crippen molar-refractivity contribution in [2.24, 2.45) is 0 Å². The van der Waals surface area contributed by atoms with Crippen LogP contribution in [0.1, 0.15) is 12.0 Å². The van der Waals surface area contributed by atoms with Gasteiger partial charge in [0.25, 0.3) is 10.0 Å². The Balaban J connectivity index is 1.73. The van der Waals surface area contributed by atoms with Gasteiger partial charge in [-0.05, 0) is 66.6 Å². The Morgan fingerprint density at radius 2 is 1.56 bits per heavy atom. The lowest BCUT2D eigenvalue weighted by molar-refractivity contribution is -0.136. The van der Waals surface area contributed by atoms with Crippen molar-refractivity contribution in [1.29, 1.82) is 0 Å². The average Bonchev–Trinajstić information content (AvgIpc) is 3.22.